The van der Waals surface area contributed by atoms with Crippen LogP contribution in [0.25, 0.3) is 0 Å². The Kier molecular flexibility index (Phi) is 6.60. The number of rotatable bonds is 9. The number of ether oxygens (including phenoxy) is 2. The number of carbonyl (C=O) groups excluding carboxylic acids is 2. The summed E-state index contributed by atoms with van der Waals surface area (Å²) >= 11 is 0. The molecule has 3 rings (SSSR count). The highest BCUT2D eigenvalue weighted by atomic mass is 16.5. The van der Waals surface area contributed by atoms with Gasteiger partial charge < -0.3 is 19.7 Å². The molecule has 148 valence electrons. The molecule has 1 aromatic carbocycles. The van der Waals surface area contributed by atoms with Gasteiger partial charge in [0.05, 0.1) is 17.9 Å². The van der Waals surface area contributed by atoms with Crippen molar-refractivity contribution in [3.05, 3.63) is 53.7 Å². The molecule has 0 unspecified atom stereocenters. The van der Waals surface area contributed by atoms with Crippen molar-refractivity contribution in [2.45, 2.75) is 19.4 Å². The monoisotopic (exact) mass is 383 g/mol. The van der Waals surface area contributed by atoms with Crippen LogP contribution in [0, 0.1) is 5.92 Å². The minimum absolute atomic E-state index is 0.0634. The molecule has 28 heavy (non-hydrogen) atoms. The average Bonchev–Trinajstić information content (AvgIpc) is 3.57. The van der Waals surface area contributed by atoms with Gasteiger partial charge in [0, 0.05) is 38.9 Å². The van der Waals surface area contributed by atoms with Gasteiger partial charge in [-0.05, 0) is 30.5 Å². The summed E-state index contributed by atoms with van der Waals surface area (Å²) in [6.45, 7) is 1.26. The summed E-state index contributed by atoms with van der Waals surface area (Å²) in [5, 5.41) is 2.89. The molecule has 1 heterocycles. The first kappa shape index (κ1) is 19.8. The standard InChI is InChI=1S/C21H25N3O4/c1-24(21(26)16-8-9-16)18-6-4-3-5-17(18)20(25)23-14-15-7-10-19(22-13-15)28-12-11-27-2/h3-7,10,13,16H,8-9,11-12,14H2,1-2H3,(H,23,25). The summed E-state index contributed by atoms with van der Waals surface area (Å²) in [4.78, 5) is 30.8. The maximum absolute atomic E-state index is 12.7. The summed E-state index contributed by atoms with van der Waals surface area (Å²) < 4.78 is 10.4. The third kappa shape index (κ3) is 5.07. The second kappa shape index (κ2) is 9.32. The van der Waals surface area contributed by atoms with E-state index in [0.29, 0.717) is 36.9 Å². The van der Waals surface area contributed by atoms with Crippen LogP contribution < -0.4 is 15.0 Å². The molecular formula is C21H25N3O4. The van der Waals surface area contributed by atoms with E-state index >= 15 is 0 Å². The minimum Gasteiger partial charge on any atom is -0.475 e. The fourth-order valence-electron chi connectivity index (χ4n) is 2.79. The molecule has 0 atom stereocenters. The van der Waals surface area contributed by atoms with Crippen molar-refractivity contribution in [3.8, 4) is 5.88 Å². The van der Waals surface area contributed by atoms with Gasteiger partial charge >= 0.3 is 0 Å². The first-order chi connectivity index (χ1) is 13.6. The summed E-state index contributed by atoms with van der Waals surface area (Å²) in [5.74, 6) is 0.439. The molecule has 7 heteroatoms. The van der Waals surface area contributed by atoms with Crippen LogP contribution in [0.3, 0.4) is 0 Å². The van der Waals surface area contributed by atoms with Crippen LogP contribution in [-0.2, 0) is 16.1 Å². The number of hydrogen-bond acceptors (Lipinski definition) is 5. The number of anilines is 1. The van der Waals surface area contributed by atoms with Crippen molar-refractivity contribution in [2.24, 2.45) is 5.92 Å². The van der Waals surface area contributed by atoms with Crippen molar-refractivity contribution in [1.29, 1.82) is 0 Å². The molecule has 1 aromatic heterocycles. The van der Waals surface area contributed by atoms with Crippen LogP contribution in [0.15, 0.2) is 42.6 Å². The number of para-hydroxylation sites is 1. The summed E-state index contributed by atoms with van der Waals surface area (Å²) in [5.41, 5.74) is 1.95. The van der Waals surface area contributed by atoms with Gasteiger partial charge in [0.15, 0.2) is 0 Å². The molecule has 1 fully saturated rings. The summed E-state index contributed by atoms with van der Waals surface area (Å²) in [7, 11) is 3.33. The van der Waals surface area contributed by atoms with Gasteiger partial charge in [-0.15, -0.1) is 0 Å². The van der Waals surface area contributed by atoms with Crippen molar-refractivity contribution < 1.29 is 19.1 Å². The van der Waals surface area contributed by atoms with Crippen molar-refractivity contribution >= 4 is 17.5 Å². The Morgan fingerprint density at radius 3 is 2.64 bits per heavy atom. The van der Waals surface area contributed by atoms with E-state index in [4.69, 9.17) is 9.47 Å². The van der Waals surface area contributed by atoms with Crippen LogP contribution in [0.4, 0.5) is 5.69 Å². The molecule has 2 aromatic rings. The van der Waals surface area contributed by atoms with Gasteiger partial charge in [0.1, 0.15) is 6.61 Å². The van der Waals surface area contributed by atoms with Gasteiger partial charge in [0.2, 0.25) is 11.8 Å². The largest absolute Gasteiger partial charge is 0.475 e. The van der Waals surface area contributed by atoms with Crippen LogP contribution in [0.2, 0.25) is 0 Å². The minimum atomic E-state index is -0.230. The van der Waals surface area contributed by atoms with Crippen LogP contribution >= 0.6 is 0 Å². The molecule has 2 amide bonds. The van der Waals surface area contributed by atoms with E-state index < -0.39 is 0 Å². The van der Waals surface area contributed by atoms with E-state index in [1.54, 1.807) is 49.5 Å². The average molecular weight is 383 g/mol. The second-order valence-electron chi connectivity index (χ2n) is 6.72. The third-order valence-electron chi connectivity index (χ3n) is 4.56. The molecule has 1 aliphatic carbocycles. The number of carbonyl (C=O) groups is 2. The normalized spacial score (nSPS) is 13.1. The maximum atomic E-state index is 12.7. The highest BCUT2D eigenvalue weighted by molar-refractivity contribution is 6.05. The Labute approximate surface area is 164 Å². The van der Waals surface area contributed by atoms with E-state index in [-0.39, 0.29) is 17.7 Å². The number of aromatic nitrogens is 1. The number of nitrogens with one attached hydrogen (secondary N) is 1. The molecule has 1 saturated carbocycles. The number of benzene rings is 1. The first-order valence-corrected chi connectivity index (χ1v) is 9.31. The lowest BCUT2D eigenvalue weighted by Gasteiger charge is -2.20. The second-order valence-corrected chi connectivity index (χ2v) is 6.72. The SMILES string of the molecule is COCCOc1ccc(CNC(=O)c2ccccc2N(C)C(=O)C2CC2)cn1. The Balaban J connectivity index is 1.60. The number of nitrogens with zero attached hydrogens (tertiary/aromatic N) is 2. The van der Waals surface area contributed by atoms with Crippen molar-refractivity contribution in [3.63, 3.8) is 0 Å². The third-order valence-corrected chi connectivity index (χ3v) is 4.56. The molecule has 0 spiro atoms. The fraction of sp³-hybridized carbons (Fsp3) is 0.381. The van der Waals surface area contributed by atoms with Crippen LogP contribution in [0.5, 0.6) is 5.88 Å². The molecule has 1 aliphatic rings. The summed E-state index contributed by atoms with van der Waals surface area (Å²) in [6.07, 6.45) is 3.52. The van der Waals surface area contributed by atoms with E-state index in [9.17, 15) is 9.59 Å². The first-order valence-electron chi connectivity index (χ1n) is 9.31. The smallest absolute Gasteiger partial charge is 0.253 e. The number of methoxy groups -OCH3 is 1. The number of pyridine rings is 1. The quantitative estimate of drug-likeness (QED) is 0.673. The molecule has 0 bridgehead atoms. The molecular weight excluding hydrogens is 358 g/mol. The summed E-state index contributed by atoms with van der Waals surface area (Å²) in [6, 6.07) is 10.8. The van der Waals surface area contributed by atoms with Gasteiger partial charge in [-0.1, -0.05) is 18.2 Å². The van der Waals surface area contributed by atoms with Gasteiger partial charge in [-0.25, -0.2) is 4.98 Å². The van der Waals surface area contributed by atoms with Crippen LogP contribution in [-0.4, -0.2) is 44.2 Å². The zero-order chi connectivity index (χ0) is 19.9. The Morgan fingerprint density at radius 1 is 1.18 bits per heavy atom. The lowest BCUT2D eigenvalue weighted by molar-refractivity contribution is -0.119. The van der Waals surface area contributed by atoms with Crippen molar-refractivity contribution in [2.75, 3.05) is 32.3 Å². The highest BCUT2D eigenvalue weighted by Gasteiger charge is 2.33. The molecule has 0 aliphatic heterocycles. The molecule has 0 radical (unpaired) electrons. The van der Waals surface area contributed by atoms with Gasteiger partial charge in [0.25, 0.3) is 5.91 Å². The molecule has 0 saturated heterocycles. The lowest BCUT2D eigenvalue weighted by Crippen LogP contribution is -2.31. The number of amides is 2. The maximum Gasteiger partial charge on any atom is 0.253 e. The lowest BCUT2D eigenvalue weighted by atomic mass is 10.1. The zero-order valence-electron chi connectivity index (χ0n) is 16.2. The Bertz CT molecular complexity index is 819. The Morgan fingerprint density at radius 2 is 1.96 bits per heavy atom. The predicted octanol–water partition coefficient (Wildman–Crippen LogP) is 2.41. The number of hydrogen-bond donors (Lipinski definition) is 1. The van der Waals surface area contributed by atoms with E-state index in [1.807, 2.05) is 12.1 Å². The topological polar surface area (TPSA) is 80.8 Å². The van der Waals surface area contributed by atoms with E-state index in [2.05, 4.69) is 10.3 Å². The fourth-order valence-corrected chi connectivity index (χ4v) is 2.79. The predicted molar refractivity (Wildman–Crippen MR) is 105 cm³/mol. The van der Waals surface area contributed by atoms with E-state index in [1.165, 1.54) is 0 Å². The molecule has 7 nitrogen and oxygen atoms in total. The zero-order valence-corrected chi connectivity index (χ0v) is 16.2. The van der Waals surface area contributed by atoms with Crippen molar-refractivity contribution in [1.82, 2.24) is 10.3 Å². The van der Waals surface area contributed by atoms with E-state index in [0.717, 1.165) is 18.4 Å². The van der Waals surface area contributed by atoms with Gasteiger partial charge in [-0.3, -0.25) is 9.59 Å². The van der Waals surface area contributed by atoms with Gasteiger partial charge in [-0.2, -0.15) is 0 Å². The Hall–Kier alpha value is -2.93. The molecule has 1 N–H and O–H groups in total. The highest BCUT2D eigenvalue weighted by Crippen LogP contribution is 2.33. The van der Waals surface area contributed by atoms with Crippen LogP contribution in [0.1, 0.15) is 28.8 Å².